The van der Waals surface area contributed by atoms with Crippen LogP contribution in [0.25, 0.3) is 0 Å². The van der Waals surface area contributed by atoms with E-state index >= 15 is 0 Å². The number of carbonyl (C=O) groups is 8. The smallest absolute Gasteiger partial charge is 0.410 e. The van der Waals surface area contributed by atoms with Gasteiger partial charge in [0.05, 0.1) is 48.0 Å². The molecule has 0 spiro atoms. The molecule has 7 heterocycles. The number of hydrogen-bond donors (Lipinski definition) is 2. The zero-order valence-electron chi connectivity index (χ0n) is 55.0. The summed E-state index contributed by atoms with van der Waals surface area (Å²) in [6.07, 6.45) is 21.1. The summed E-state index contributed by atoms with van der Waals surface area (Å²) in [6.45, 7) is 26.7. The topological polar surface area (TPSA) is 243 Å². The second kappa shape index (κ2) is 31.4. The predicted octanol–water partition coefficient (Wildman–Crippen LogP) is 10.9. The Bertz CT molecular complexity index is 2870. The normalized spacial score (nSPS) is 26.7. The molecule has 0 radical (unpaired) electrons. The second-order valence-corrected chi connectivity index (χ2v) is 28.2. The van der Waals surface area contributed by atoms with Crippen molar-refractivity contribution in [2.24, 2.45) is 64.9 Å². The van der Waals surface area contributed by atoms with Crippen LogP contribution in [0.5, 0.6) is 0 Å². The minimum absolute atomic E-state index is 0.0279. The fourth-order valence-electron chi connectivity index (χ4n) is 13.9. The summed E-state index contributed by atoms with van der Waals surface area (Å²) in [5.74, 6) is 2.53. The monoisotopic (exact) mass is 1230 g/mol. The Labute approximate surface area is 528 Å². The zero-order chi connectivity index (χ0) is 64.9. The van der Waals surface area contributed by atoms with Crippen LogP contribution in [0.4, 0.5) is 9.59 Å². The summed E-state index contributed by atoms with van der Waals surface area (Å²) in [4.78, 5) is 115. The maximum atomic E-state index is 12.7. The lowest BCUT2D eigenvalue weighted by atomic mass is 9.80. The van der Waals surface area contributed by atoms with E-state index in [1.807, 2.05) is 67.5 Å². The number of hydrogen-bond acceptors (Lipinski definition) is 14. The fraction of sp³-hybridized carbons (Fsp3) is 0.657. The van der Waals surface area contributed by atoms with Gasteiger partial charge in [-0.3, -0.25) is 53.4 Å². The van der Waals surface area contributed by atoms with Crippen LogP contribution in [0.2, 0.25) is 0 Å². The molecule has 10 atom stereocenters. The molecule has 488 valence electrons. The summed E-state index contributed by atoms with van der Waals surface area (Å²) < 4.78 is 10.8. The molecule has 8 aliphatic rings. The Kier molecular flexibility index (Phi) is 24.7. The lowest BCUT2D eigenvalue weighted by Gasteiger charge is -2.38. The van der Waals surface area contributed by atoms with E-state index in [4.69, 9.17) is 20.3 Å². The maximum Gasteiger partial charge on any atom is 0.410 e. The number of nitrogens with two attached hydrogens (primary N) is 1. The first-order valence-corrected chi connectivity index (χ1v) is 32.9. The van der Waals surface area contributed by atoms with E-state index in [0.717, 1.165) is 99.6 Å². The number of aromatic nitrogens is 2. The molecular formula is C70H102N8O11. The number of carbonyl (C=O) groups excluding carboxylic acids is 8. The highest BCUT2D eigenvalue weighted by atomic mass is 16.6. The number of ether oxygens (including phenoxy) is 2. The molecule has 5 aliphatic heterocycles. The molecule has 19 nitrogen and oxygen atoms in total. The van der Waals surface area contributed by atoms with E-state index < -0.39 is 11.2 Å². The summed E-state index contributed by atoms with van der Waals surface area (Å²) >= 11 is 0. The second-order valence-electron chi connectivity index (χ2n) is 28.2. The van der Waals surface area contributed by atoms with Crippen LogP contribution in [0.15, 0.2) is 61.2 Å². The molecule has 3 N–H and O–H groups in total. The highest BCUT2D eigenvalue weighted by Crippen LogP contribution is 2.41. The van der Waals surface area contributed by atoms with Crippen LogP contribution in [-0.2, 0) is 41.8 Å². The van der Waals surface area contributed by atoms with Crippen molar-refractivity contribution in [2.45, 2.75) is 190 Å². The minimum atomic E-state index is -0.498. The van der Waals surface area contributed by atoms with E-state index in [2.05, 4.69) is 30.7 Å². The van der Waals surface area contributed by atoms with Crippen molar-refractivity contribution in [2.75, 3.05) is 45.8 Å². The lowest BCUT2D eigenvalue weighted by Crippen LogP contribution is -2.48. The molecule has 11 rings (SSSR count). The summed E-state index contributed by atoms with van der Waals surface area (Å²) in [7, 11) is 0. The Morgan fingerprint density at radius 3 is 1.27 bits per heavy atom. The van der Waals surface area contributed by atoms with Gasteiger partial charge in [0.1, 0.15) is 11.2 Å². The molecule has 10 unspecified atom stereocenters. The number of imide groups is 3. The number of pyridine rings is 2. The first kappa shape index (κ1) is 69.9. The summed E-state index contributed by atoms with van der Waals surface area (Å²) in [6, 6.07) is 10.6. The third-order valence-corrected chi connectivity index (χ3v) is 19.4. The molecule has 4 saturated heterocycles. The van der Waals surface area contributed by atoms with Crippen molar-refractivity contribution in [1.82, 2.24) is 34.5 Å². The van der Waals surface area contributed by atoms with Crippen molar-refractivity contribution in [3.63, 3.8) is 0 Å². The number of fused-ring (bicyclic) bond motifs is 3. The first-order valence-electron chi connectivity index (χ1n) is 32.9. The van der Waals surface area contributed by atoms with Gasteiger partial charge in [-0.05, 0) is 189 Å². The number of benzene rings is 1. The van der Waals surface area contributed by atoms with Gasteiger partial charge in [-0.2, -0.15) is 0 Å². The van der Waals surface area contributed by atoms with Gasteiger partial charge in [0, 0.05) is 64.1 Å². The Morgan fingerprint density at radius 1 is 0.528 bits per heavy atom. The fourth-order valence-corrected chi connectivity index (χ4v) is 13.9. The number of piperidine rings is 2. The van der Waals surface area contributed by atoms with Gasteiger partial charge < -0.3 is 30.1 Å². The van der Waals surface area contributed by atoms with E-state index in [-0.39, 0.29) is 89.7 Å². The minimum Gasteiger partial charge on any atom is -0.444 e. The standard InChI is InChI=1S/C20H32N2O4.C16H25NO2.C15H12N2O2.C12H24N2O2.C7H9NO/c1-13-11-21(19(25)26-20(2,3)4)10-9-14(13)12-22-17(23)15-7-5-6-8-16(15)18(22)24;1-11-6-2-3-7-12(11)10-17-15(18)13-8-4-5-9-14(13)16(17)19;1-10-8-16-7-6-11(10)9-17-14(18)12-4-2-3-5-13(12)15(17)19;1-9-8-14(6-5-10(9)7-13)11(15)16-12(2,3)4;1-6-4-8-3-2-7(6)5-9/h13-16H,5-12H2,1-4H3;11-14H,2-10H2,1H3;2-8H,9H2,1H3;9-10H,5-8,13H2,1-4H3;2-4,9H,5H2,1H3. The SMILES string of the molecule is CC1CCCCC1CN1C(=O)C2CCCCC2C1=O.CC1CN(C(=O)OC(C)(C)C)CCC1CN.CC1CN(C(=O)OC(C)(C)C)CCC1CN1C(=O)C2CCCCC2C1=O.Cc1cnccc1CN1C(=O)c2ccccc2C1=O.Cc1cnccc1CO. The van der Waals surface area contributed by atoms with Gasteiger partial charge in [-0.25, -0.2) is 9.59 Å². The molecule has 7 fully saturated rings. The molecule has 3 aromatic rings. The van der Waals surface area contributed by atoms with Gasteiger partial charge in [0.25, 0.3) is 11.8 Å². The molecule has 89 heavy (non-hydrogen) atoms. The molecule has 8 amide bonds. The Balaban J connectivity index is 0.000000163. The van der Waals surface area contributed by atoms with Gasteiger partial charge in [-0.15, -0.1) is 0 Å². The first-order chi connectivity index (χ1) is 42.2. The van der Waals surface area contributed by atoms with E-state index in [9.17, 15) is 38.4 Å². The molecule has 0 bridgehead atoms. The quantitative estimate of drug-likeness (QED) is 0.199. The number of nitrogens with zero attached hydrogens (tertiary/aromatic N) is 7. The average Bonchev–Trinajstić information content (AvgIpc) is 1.72. The Hall–Kier alpha value is -6.60. The van der Waals surface area contributed by atoms with E-state index in [0.29, 0.717) is 74.1 Å². The van der Waals surface area contributed by atoms with Crippen molar-refractivity contribution < 1.29 is 52.9 Å². The Morgan fingerprint density at radius 2 is 0.910 bits per heavy atom. The third kappa shape index (κ3) is 18.3. The van der Waals surface area contributed by atoms with E-state index in [1.54, 1.807) is 63.8 Å². The number of amides is 8. The third-order valence-electron chi connectivity index (χ3n) is 19.4. The molecule has 19 heteroatoms. The van der Waals surface area contributed by atoms with Crippen molar-refractivity contribution in [1.29, 1.82) is 0 Å². The largest absolute Gasteiger partial charge is 0.444 e. The molecular weight excluding hydrogens is 1130 g/mol. The van der Waals surface area contributed by atoms with Crippen LogP contribution in [0.1, 0.15) is 195 Å². The van der Waals surface area contributed by atoms with Crippen LogP contribution in [0, 0.1) is 73.0 Å². The number of aryl methyl sites for hydroxylation is 2. The predicted molar refractivity (Wildman–Crippen MR) is 339 cm³/mol. The van der Waals surface area contributed by atoms with Gasteiger partial charge in [0.15, 0.2) is 0 Å². The van der Waals surface area contributed by atoms with Crippen molar-refractivity contribution in [3.05, 3.63) is 94.6 Å². The molecule has 3 saturated carbocycles. The molecule has 1 aromatic carbocycles. The van der Waals surface area contributed by atoms with Crippen LogP contribution in [0.3, 0.4) is 0 Å². The number of rotatable bonds is 8. The highest BCUT2D eigenvalue weighted by Gasteiger charge is 2.50. The van der Waals surface area contributed by atoms with Crippen LogP contribution >= 0.6 is 0 Å². The van der Waals surface area contributed by atoms with Gasteiger partial charge in [-0.1, -0.05) is 77.8 Å². The van der Waals surface area contributed by atoms with Crippen molar-refractivity contribution >= 4 is 47.6 Å². The summed E-state index contributed by atoms with van der Waals surface area (Å²) in [5, 5.41) is 8.69. The van der Waals surface area contributed by atoms with Crippen LogP contribution < -0.4 is 5.73 Å². The molecule has 2 aromatic heterocycles. The summed E-state index contributed by atoms with van der Waals surface area (Å²) in [5.41, 5.74) is 9.64. The van der Waals surface area contributed by atoms with Gasteiger partial charge in [0.2, 0.25) is 23.6 Å². The lowest BCUT2D eigenvalue weighted by molar-refractivity contribution is -0.142. The zero-order valence-corrected chi connectivity index (χ0v) is 55.0. The average molecular weight is 1230 g/mol. The van der Waals surface area contributed by atoms with Gasteiger partial charge >= 0.3 is 12.2 Å². The maximum absolute atomic E-state index is 12.7. The number of aliphatic hydroxyl groups is 1. The number of aliphatic hydroxyl groups excluding tert-OH is 1. The van der Waals surface area contributed by atoms with Crippen molar-refractivity contribution in [3.8, 4) is 0 Å². The highest BCUT2D eigenvalue weighted by molar-refractivity contribution is 6.21. The number of likely N-dealkylation sites (tertiary alicyclic amines) is 4. The van der Waals surface area contributed by atoms with Crippen LogP contribution in [-0.4, -0.2) is 144 Å². The molecule has 3 aliphatic carbocycles. The van der Waals surface area contributed by atoms with E-state index in [1.165, 1.54) is 35.5 Å².